The lowest BCUT2D eigenvalue weighted by atomic mass is 10.2. The predicted octanol–water partition coefficient (Wildman–Crippen LogP) is 2.55. The number of nitrogens with zero attached hydrogens (tertiary/aromatic N) is 1. The molecular weight excluding hydrogens is 198 g/mol. The zero-order valence-corrected chi connectivity index (χ0v) is 9.59. The van der Waals surface area contributed by atoms with Gasteiger partial charge in [0, 0.05) is 12.5 Å². The van der Waals surface area contributed by atoms with Crippen LogP contribution in [0, 0.1) is 0 Å². The molecule has 0 saturated heterocycles. The van der Waals surface area contributed by atoms with Crippen LogP contribution in [0.1, 0.15) is 37.1 Å². The zero-order valence-electron chi connectivity index (χ0n) is 9.59. The van der Waals surface area contributed by atoms with Gasteiger partial charge in [0.05, 0.1) is 11.0 Å². The van der Waals surface area contributed by atoms with E-state index in [9.17, 15) is 0 Å². The minimum atomic E-state index is 0.699. The topological polar surface area (TPSA) is 40.7 Å². The molecule has 2 N–H and O–H groups in total. The summed E-state index contributed by atoms with van der Waals surface area (Å²) in [6, 6.07) is 6.48. The number of hydrogen-bond acceptors (Lipinski definition) is 2. The second kappa shape index (κ2) is 3.91. The third kappa shape index (κ3) is 1.83. The summed E-state index contributed by atoms with van der Waals surface area (Å²) in [4.78, 5) is 8.06. The number of rotatable bonds is 4. The monoisotopic (exact) mass is 215 g/mol. The highest BCUT2D eigenvalue weighted by atomic mass is 14.9. The normalized spacial score (nSPS) is 15.8. The average molecular weight is 215 g/mol. The van der Waals surface area contributed by atoms with Gasteiger partial charge in [-0.3, -0.25) is 0 Å². The standard InChI is InChI=1S/C13H17N3/c1-2-14-8-9-3-6-11-12(7-9)16-13(15-11)10-4-5-10/h3,6-7,10,14H,2,4-5,8H2,1H3,(H,15,16). The Hall–Kier alpha value is -1.35. The minimum Gasteiger partial charge on any atom is -0.342 e. The molecule has 84 valence electrons. The largest absolute Gasteiger partial charge is 0.342 e. The fourth-order valence-corrected chi connectivity index (χ4v) is 2.01. The molecule has 0 atom stereocenters. The molecular formula is C13H17N3. The maximum absolute atomic E-state index is 4.62. The molecule has 0 bridgehead atoms. The van der Waals surface area contributed by atoms with E-state index in [1.165, 1.54) is 29.7 Å². The van der Waals surface area contributed by atoms with E-state index in [-0.39, 0.29) is 0 Å². The number of H-pyrrole nitrogens is 1. The van der Waals surface area contributed by atoms with Crippen molar-refractivity contribution in [2.45, 2.75) is 32.2 Å². The summed E-state index contributed by atoms with van der Waals surface area (Å²) < 4.78 is 0. The van der Waals surface area contributed by atoms with Crippen LogP contribution < -0.4 is 5.32 Å². The number of aromatic amines is 1. The van der Waals surface area contributed by atoms with E-state index in [2.05, 4.69) is 40.4 Å². The number of imidazole rings is 1. The van der Waals surface area contributed by atoms with Gasteiger partial charge >= 0.3 is 0 Å². The van der Waals surface area contributed by atoms with Gasteiger partial charge in [0.15, 0.2) is 0 Å². The summed E-state index contributed by atoms with van der Waals surface area (Å²) in [5, 5.41) is 3.34. The zero-order chi connectivity index (χ0) is 11.0. The summed E-state index contributed by atoms with van der Waals surface area (Å²) in [6.45, 7) is 4.07. The number of hydrogen-bond donors (Lipinski definition) is 2. The highest BCUT2D eigenvalue weighted by molar-refractivity contribution is 5.76. The number of fused-ring (bicyclic) bond motifs is 1. The maximum Gasteiger partial charge on any atom is 0.110 e. The third-order valence-electron chi connectivity index (χ3n) is 3.11. The van der Waals surface area contributed by atoms with Gasteiger partial charge < -0.3 is 10.3 Å². The summed E-state index contributed by atoms with van der Waals surface area (Å²) in [5.74, 6) is 1.88. The van der Waals surface area contributed by atoms with Crippen LogP contribution in [-0.2, 0) is 6.54 Å². The van der Waals surface area contributed by atoms with Gasteiger partial charge in [-0.05, 0) is 37.1 Å². The maximum atomic E-state index is 4.62. The fourth-order valence-electron chi connectivity index (χ4n) is 2.01. The van der Waals surface area contributed by atoms with Crippen molar-refractivity contribution >= 4 is 11.0 Å². The summed E-state index contributed by atoms with van der Waals surface area (Å²) in [7, 11) is 0. The molecule has 0 amide bonds. The second-order valence-corrected chi connectivity index (χ2v) is 4.53. The molecule has 0 radical (unpaired) electrons. The van der Waals surface area contributed by atoms with Crippen LogP contribution in [0.3, 0.4) is 0 Å². The smallest absolute Gasteiger partial charge is 0.110 e. The summed E-state index contributed by atoms with van der Waals surface area (Å²) in [6.07, 6.45) is 2.59. The van der Waals surface area contributed by atoms with Gasteiger partial charge in [-0.15, -0.1) is 0 Å². The lowest BCUT2D eigenvalue weighted by molar-refractivity contribution is 0.727. The number of aromatic nitrogens is 2. The first-order valence-electron chi connectivity index (χ1n) is 6.06. The Kier molecular flexibility index (Phi) is 2.40. The summed E-state index contributed by atoms with van der Waals surface area (Å²) >= 11 is 0. The van der Waals surface area contributed by atoms with E-state index >= 15 is 0 Å². The van der Waals surface area contributed by atoms with Crippen LogP contribution in [0.25, 0.3) is 11.0 Å². The van der Waals surface area contributed by atoms with Crippen molar-refractivity contribution in [1.82, 2.24) is 15.3 Å². The molecule has 2 aromatic rings. The lowest BCUT2D eigenvalue weighted by Gasteiger charge is -2.00. The molecule has 16 heavy (non-hydrogen) atoms. The fraction of sp³-hybridized carbons (Fsp3) is 0.462. The molecule has 1 aliphatic carbocycles. The minimum absolute atomic E-state index is 0.699. The van der Waals surface area contributed by atoms with Gasteiger partial charge in [-0.1, -0.05) is 13.0 Å². The van der Waals surface area contributed by atoms with E-state index in [1.54, 1.807) is 0 Å². The highest BCUT2D eigenvalue weighted by Gasteiger charge is 2.26. The van der Waals surface area contributed by atoms with Crippen LogP contribution >= 0.6 is 0 Å². The van der Waals surface area contributed by atoms with E-state index in [0.29, 0.717) is 5.92 Å². The Bertz CT molecular complexity index is 497. The molecule has 1 aromatic carbocycles. The second-order valence-electron chi connectivity index (χ2n) is 4.53. The molecule has 0 aliphatic heterocycles. The van der Waals surface area contributed by atoms with Crippen molar-refractivity contribution < 1.29 is 0 Å². The van der Waals surface area contributed by atoms with Crippen molar-refractivity contribution in [2.75, 3.05) is 6.54 Å². The SMILES string of the molecule is CCNCc1ccc2nc(C3CC3)[nH]c2c1. The first-order chi connectivity index (χ1) is 7.86. The Morgan fingerprint density at radius 2 is 2.31 bits per heavy atom. The average Bonchev–Trinajstić information content (AvgIpc) is 3.06. The van der Waals surface area contributed by atoms with Crippen molar-refractivity contribution in [3.8, 4) is 0 Å². The van der Waals surface area contributed by atoms with Crippen molar-refractivity contribution in [3.05, 3.63) is 29.6 Å². The number of benzene rings is 1. The summed E-state index contributed by atoms with van der Waals surface area (Å²) in [5.41, 5.74) is 3.60. The van der Waals surface area contributed by atoms with Crippen LogP contribution in [-0.4, -0.2) is 16.5 Å². The molecule has 1 aliphatic rings. The molecule has 1 fully saturated rings. The Morgan fingerprint density at radius 1 is 1.44 bits per heavy atom. The van der Waals surface area contributed by atoms with Gasteiger partial charge in [0.1, 0.15) is 5.82 Å². The quantitative estimate of drug-likeness (QED) is 0.823. The van der Waals surface area contributed by atoms with E-state index in [1.807, 2.05) is 0 Å². The van der Waals surface area contributed by atoms with Crippen LogP contribution in [0.2, 0.25) is 0 Å². The Labute approximate surface area is 95.3 Å². The van der Waals surface area contributed by atoms with Gasteiger partial charge in [-0.2, -0.15) is 0 Å². The molecule has 1 saturated carbocycles. The lowest BCUT2D eigenvalue weighted by Crippen LogP contribution is -2.11. The molecule has 3 nitrogen and oxygen atoms in total. The van der Waals surface area contributed by atoms with E-state index in [4.69, 9.17) is 0 Å². The van der Waals surface area contributed by atoms with Crippen LogP contribution in [0.15, 0.2) is 18.2 Å². The molecule has 0 spiro atoms. The Morgan fingerprint density at radius 3 is 3.06 bits per heavy atom. The molecule has 3 rings (SSSR count). The van der Waals surface area contributed by atoms with Crippen molar-refractivity contribution in [1.29, 1.82) is 0 Å². The van der Waals surface area contributed by atoms with Gasteiger partial charge in [-0.25, -0.2) is 4.98 Å². The van der Waals surface area contributed by atoms with Gasteiger partial charge in [0.2, 0.25) is 0 Å². The molecule has 1 heterocycles. The third-order valence-corrected chi connectivity index (χ3v) is 3.11. The van der Waals surface area contributed by atoms with Gasteiger partial charge in [0.25, 0.3) is 0 Å². The Balaban J connectivity index is 1.90. The van der Waals surface area contributed by atoms with E-state index < -0.39 is 0 Å². The highest BCUT2D eigenvalue weighted by Crippen LogP contribution is 2.38. The molecule has 0 unspecified atom stereocenters. The predicted molar refractivity (Wildman–Crippen MR) is 65.4 cm³/mol. The van der Waals surface area contributed by atoms with Crippen LogP contribution in [0.4, 0.5) is 0 Å². The molecule has 1 aromatic heterocycles. The van der Waals surface area contributed by atoms with Crippen LogP contribution in [0.5, 0.6) is 0 Å². The van der Waals surface area contributed by atoms with Crippen molar-refractivity contribution in [2.24, 2.45) is 0 Å². The molecule has 3 heteroatoms. The number of nitrogens with one attached hydrogen (secondary N) is 2. The van der Waals surface area contributed by atoms with E-state index in [0.717, 1.165) is 18.6 Å². The first kappa shape index (κ1) is 9.85. The van der Waals surface area contributed by atoms with Crippen molar-refractivity contribution in [3.63, 3.8) is 0 Å². The first-order valence-corrected chi connectivity index (χ1v) is 6.06.